The van der Waals surface area contributed by atoms with Gasteiger partial charge in [-0.05, 0) is 18.9 Å². The molecule has 3 saturated heterocycles. The van der Waals surface area contributed by atoms with Gasteiger partial charge < -0.3 is 70.4 Å². The first-order valence-electron chi connectivity index (χ1n) is 21.2. The molecule has 0 unspecified atom stereocenters. The van der Waals surface area contributed by atoms with Crippen LogP contribution in [0, 0.1) is 0 Å². The first-order valence-corrected chi connectivity index (χ1v) is 21.2. The molecule has 3 aliphatic heterocycles. The molecule has 0 spiro atoms. The average molecular weight is 859 g/mol. The average Bonchev–Trinajstić information content (AvgIpc) is 3.50. The van der Waals surface area contributed by atoms with Crippen molar-refractivity contribution in [1.29, 1.82) is 0 Å². The maximum Gasteiger partial charge on any atom is 0.330 e. The molecule has 11 N–H and O–H groups in total. The summed E-state index contributed by atoms with van der Waals surface area (Å²) in [7, 11) is 0. The van der Waals surface area contributed by atoms with E-state index in [9.17, 15) is 60.0 Å². The zero-order chi connectivity index (χ0) is 43.9. The largest absolute Gasteiger partial charge is 0.394 e. The predicted molar refractivity (Wildman–Crippen MR) is 212 cm³/mol. The fraction of sp³-hybridized carbons (Fsp3) is 0.800. The lowest BCUT2D eigenvalue weighted by Crippen LogP contribution is -2.68. The van der Waals surface area contributed by atoms with Gasteiger partial charge in [-0.15, -0.1) is 0 Å². The monoisotopic (exact) mass is 858 g/mol. The molecular weight excluding hydrogens is 792 g/mol. The van der Waals surface area contributed by atoms with Gasteiger partial charge in [0.2, 0.25) is 11.8 Å². The number of amides is 2. The van der Waals surface area contributed by atoms with Gasteiger partial charge in [-0.25, -0.2) is 4.79 Å². The zero-order valence-corrected chi connectivity index (χ0v) is 34.4. The van der Waals surface area contributed by atoms with Crippen molar-refractivity contribution in [2.75, 3.05) is 6.61 Å². The number of aliphatic hydroxyl groups excluding tert-OH is 8. The van der Waals surface area contributed by atoms with Crippen LogP contribution in [0.15, 0.2) is 34.0 Å². The maximum atomic E-state index is 13.2. The molecule has 342 valence electrons. The molecule has 0 radical (unpaired) electrons. The van der Waals surface area contributed by atoms with E-state index in [1.165, 1.54) is 57.4 Å². The standard InChI is InChI=1S/C40H66N4O16/c1-3-4-5-6-7-8-9-10-11-12-13-14-15-16-17-26(48)42-29-33(53)30(50)24(57-39(29)60-38-28(41-22(2)46)32(52)31(51)25(21-45)58-38)20-23(47)36-34(54)35(55)37(59-36)44-19-18-27(49)43-40(44)56/h16-19,23-25,28-39,45,47,50-55H,3-15,20-21H2,1-2H3,(H,41,46)(H,42,48)(H,43,49,56)/b17-16+/t23-,24-,25-,28-,29-,30+,31-,32-,33-,34+,35-,36-,37-,38+,39+/m1/s1. The van der Waals surface area contributed by atoms with Gasteiger partial charge in [-0.3, -0.25) is 23.9 Å². The second kappa shape index (κ2) is 24.5. The minimum atomic E-state index is -1.85. The highest BCUT2D eigenvalue weighted by Crippen LogP contribution is 2.34. The van der Waals surface area contributed by atoms with Crippen LogP contribution >= 0.6 is 0 Å². The molecule has 0 aliphatic carbocycles. The van der Waals surface area contributed by atoms with Crippen molar-refractivity contribution in [1.82, 2.24) is 20.2 Å². The van der Waals surface area contributed by atoms with Gasteiger partial charge in [0.1, 0.15) is 60.9 Å². The van der Waals surface area contributed by atoms with Gasteiger partial charge in [0.05, 0.1) is 18.8 Å². The number of hydrogen-bond donors (Lipinski definition) is 11. The molecule has 3 fully saturated rings. The van der Waals surface area contributed by atoms with E-state index >= 15 is 0 Å². The van der Waals surface area contributed by atoms with Crippen LogP contribution in [-0.4, -0.2) is 155 Å². The van der Waals surface area contributed by atoms with Gasteiger partial charge in [-0.2, -0.15) is 0 Å². The molecule has 4 heterocycles. The van der Waals surface area contributed by atoms with Crippen molar-refractivity contribution < 1.29 is 69.4 Å². The maximum absolute atomic E-state index is 13.2. The van der Waals surface area contributed by atoms with Gasteiger partial charge in [-0.1, -0.05) is 83.6 Å². The first kappa shape index (κ1) is 49.5. The minimum Gasteiger partial charge on any atom is -0.394 e. The Morgan fingerprint density at radius 3 is 1.90 bits per heavy atom. The smallest absolute Gasteiger partial charge is 0.330 e. The molecule has 2 amide bonds. The lowest BCUT2D eigenvalue weighted by Gasteiger charge is -2.47. The lowest BCUT2D eigenvalue weighted by molar-refractivity contribution is -0.346. The second-order valence-corrected chi connectivity index (χ2v) is 16.0. The van der Waals surface area contributed by atoms with Crippen LogP contribution in [0.2, 0.25) is 0 Å². The summed E-state index contributed by atoms with van der Waals surface area (Å²) in [5.74, 6) is -1.35. The summed E-state index contributed by atoms with van der Waals surface area (Å²) in [4.78, 5) is 51.2. The Morgan fingerprint density at radius 2 is 1.33 bits per heavy atom. The predicted octanol–water partition coefficient (Wildman–Crippen LogP) is -1.55. The summed E-state index contributed by atoms with van der Waals surface area (Å²) in [6.07, 6.45) is -3.63. The van der Waals surface area contributed by atoms with Crippen LogP contribution in [0.25, 0.3) is 0 Å². The van der Waals surface area contributed by atoms with E-state index in [4.69, 9.17) is 18.9 Å². The molecule has 15 atom stereocenters. The molecule has 20 heteroatoms. The Hall–Kier alpha value is -3.12. The minimum absolute atomic E-state index is 0.597. The number of aliphatic hydroxyl groups is 8. The normalized spacial score (nSPS) is 33.8. The molecule has 4 rings (SSSR count). The van der Waals surface area contributed by atoms with Crippen molar-refractivity contribution >= 4 is 11.8 Å². The number of hydrogen-bond acceptors (Lipinski definition) is 16. The quantitative estimate of drug-likeness (QED) is 0.0438. The number of nitrogens with one attached hydrogen (secondary N) is 3. The topological polar surface area (TPSA) is 312 Å². The number of carbonyl (C=O) groups excluding carboxylic acids is 2. The van der Waals surface area contributed by atoms with E-state index in [0.717, 1.165) is 49.4 Å². The Kier molecular flexibility index (Phi) is 20.2. The third-order valence-corrected chi connectivity index (χ3v) is 11.3. The fourth-order valence-electron chi connectivity index (χ4n) is 7.85. The highest BCUT2D eigenvalue weighted by atomic mass is 16.8. The summed E-state index contributed by atoms with van der Waals surface area (Å²) in [5, 5.41) is 91.5. The molecule has 1 aromatic rings. The van der Waals surface area contributed by atoms with Gasteiger partial charge in [0.15, 0.2) is 18.8 Å². The first-order chi connectivity index (χ1) is 28.7. The third-order valence-electron chi connectivity index (χ3n) is 11.3. The van der Waals surface area contributed by atoms with Crippen LogP contribution in [-0.2, 0) is 28.5 Å². The summed E-state index contributed by atoms with van der Waals surface area (Å²) >= 11 is 0. The molecule has 1 aromatic heterocycles. The van der Waals surface area contributed by atoms with E-state index in [2.05, 4.69) is 17.6 Å². The molecule has 0 bridgehead atoms. The van der Waals surface area contributed by atoms with Crippen molar-refractivity contribution in [2.45, 2.75) is 196 Å². The Balaban J connectivity index is 1.42. The summed E-state index contributed by atoms with van der Waals surface area (Å²) in [5.41, 5.74) is -1.68. The molecule has 60 heavy (non-hydrogen) atoms. The number of ether oxygens (including phenoxy) is 4. The fourth-order valence-corrected chi connectivity index (χ4v) is 7.85. The van der Waals surface area contributed by atoms with Crippen LogP contribution in [0.1, 0.15) is 110 Å². The van der Waals surface area contributed by atoms with Gasteiger partial charge >= 0.3 is 5.69 Å². The highest BCUT2D eigenvalue weighted by Gasteiger charge is 2.53. The van der Waals surface area contributed by atoms with E-state index in [-0.39, 0.29) is 0 Å². The van der Waals surface area contributed by atoms with Gasteiger partial charge in [0.25, 0.3) is 5.56 Å². The number of rotatable bonds is 23. The SMILES string of the molecule is CCCCCCCCCCCCCC/C=C/C(=O)N[C@H]1[C@H](O[C@@H]2O[C@H](CO)[C@@H](O)[C@H](O)[C@H]2NC(C)=O)O[C@H](C[C@@H](O)[C@H]2O[C@@H](n3ccc(=O)[nH]c3=O)[C@H](O)[C@@H]2O)[C@H](O)[C@@H]1O. The van der Waals surface area contributed by atoms with Crippen molar-refractivity contribution in [2.24, 2.45) is 0 Å². The van der Waals surface area contributed by atoms with E-state index in [0.29, 0.717) is 6.42 Å². The number of carbonyl (C=O) groups is 2. The molecule has 20 nitrogen and oxygen atoms in total. The lowest BCUT2D eigenvalue weighted by atomic mass is 9.91. The van der Waals surface area contributed by atoms with E-state index in [1.54, 1.807) is 6.08 Å². The number of allylic oxidation sites excluding steroid dienone is 1. The summed E-state index contributed by atoms with van der Waals surface area (Å²) in [6.45, 7) is 2.56. The third kappa shape index (κ3) is 13.7. The van der Waals surface area contributed by atoms with Crippen molar-refractivity contribution in [3.8, 4) is 0 Å². The highest BCUT2D eigenvalue weighted by molar-refractivity contribution is 5.87. The van der Waals surface area contributed by atoms with Gasteiger partial charge in [0, 0.05) is 25.6 Å². The molecular formula is C40H66N4O16. The summed E-state index contributed by atoms with van der Waals surface area (Å²) < 4.78 is 24.1. The second-order valence-electron chi connectivity index (χ2n) is 16.0. The number of unbranched alkanes of at least 4 members (excludes halogenated alkanes) is 12. The molecule has 3 aliphatic rings. The van der Waals surface area contributed by atoms with E-state index < -0.39 is 128 Å². The van der Waals surface area contributed by atoms with Crippen LogP contribution in [0.3, 0.4) is 0 Å². The Labute approximate surface area is 348 Å². The van der Waals surface area contributed by atoms with Crippen LogP contribution < -0.4 is 21.9 Å². The number of nitrogens with zero attached hydrogens (tertiary/aromatic N) is 1. The van der Waals surface area contributed by atoms with E-state index in [1.807, 2.05) is 4.98 Å². The number of H-pyrrole nitrogens is 1. The molecule has 0 saturated carbocycles. The zero-order valence-electron chi connectivity index (χ0n) is 34.4. The Bertz CT molecular complexity index is 1610. The number of aromatic amines is 1. The van der Waals surface area contributed by atoms with Crippen LogP contribution in [0.4, 0.5) is 0 Å². The van der Waals surface area contributed by atoms with Crippen LogP contribution in [0.5, 0.6) is 0 Å². The number of aromatic nitrogens is 2. The summed E-state index contributed by atoms with van der Waals surface area (Å²) in [6, 6.07) is -2.01. The molecule has 0 aromatic carbocycles. The van der Waals surface area contributed by atoms with Crippen molar-refractivity contribution in [3.63, 3.8) is 0 Å². The Morgan fingerprint density at radius 1 is 0.783 bits per heavy atom. The van der Waals surface area contributed by atoms with Crippen molar-refractivity contribution in [3.05, 3.63) is 45.3 Å².